The van der Waals surface area contributed by atoms with Crippen LogP contribution >= 0.6 is 11.6 Å². The van der Waals surface area contributed by atoms with Gasteiger partial charge in [0.25, 0.3) is 0 Å². The molecule has 3 aromatic rings. The number of carbonyl (C=O) groups is 1. The summed E-state index contributed by atoms with van der Waals surface area (Å²) in [7, 11) is 1.62. The molecule has 0 bridgehead atoms. The third kappa shape index (κ3) is 6.42. The van der Waals surface area contributed by atoms with Gasteiger partial charge in [-0.25, -0.2) is 4.98 Å². The summed E-state index contributed by atoms with van der Waals surface area (Å²) < 4.78 is 82.4. The van der Waals surface area contributed by atoms with E-state index in [0.29, 0.717) is 22.3 Å². The number of hydrogen-bond acceptors (Lipinski definition) is 4. The Balaban J connectivity index is 1.62. The largest absolute Gasteiger partial charge is 0.418 e. The molecule has 1 saturated heterocycles. The van der Waals surface area contributed by atoms with Gasteiger partial charge in [-0.1, -0.05) is 38.4 Å². The fraction of sp³-hybridized carbons (Fsp3) is 0.481. The second kappa shape index (κ2) is 10.7. The Morgan fingerprint density at radius 2 is 1.70 bits per heavy atom. The van der Waals surface area contributed by atoms with E-state index >= 15 is 0 Å². The third-order valence-electron chi connectivity index (χ3n) is 7.02. The molecule has 0 spiro atoms. The molecule has 2 heterocycles. The number of rotatable bonds is 5. The summed E-state index contributed by atoms with van der Waals surface area (Å²) in [5, 5.41) is 5.79. The number of amides is 1. The standard InChI is InChI=1S/C27H30ClF6N5O/c1-25(2,3)23(40)35-14-15-5-6-17(27(32,33)34)19(11-15)36-24-37-20-12-18(28)21(13-22(20)38(24)4)39-9-7-16(8-10-39)26(29,30)31/h5-6,11-13,16H,7-10,14H2,1-4H3,(H,35,40)(H,36,37). The Kier molecular flexibility index (Phi) is 7.96. The Morgan fingerprint density at radius 3 is 2.27 bits per heavy atom. The summed E-state index contributed by atoms with van der Waals surface area (Å²) in [4.78, 5) is 18.4. The molecule has 40 heavy (non-hydrogen) atoms. The summed E-state index contributed by atoms with van der Waals surface area (Å²) in [6.07, 6.45) is -9.00. The van der Waals surface area contributed by atoms with Crippen molar-refractivity contribution in [1.29, 1.82) is 0 Å². The van der Waals surface area contributed by atoms with E-state index in [1.807, 2.05) is 0 Å². The zero-order valence-electron chi connectivity index (χ0n) is 22.4. The average Bonchev–Trinajstić information content (AvgIpc) is 3.14. The maximum Gasteiger partial charge on any atom is 0.418 e. The number of anilines is 3. The number of aromatic nitrogens is 2. The molecule has 0 atom stereocenters. The van der Waals surface area contributed by atoms with Crippen molar-refractivity contribution in [2.24, 2.45) is 18.4 Å². The van der Waals surface area contributed by atoms with Crippen LogP contribution in [0.25, 0.3) is 11.0 Å². The number of nitrogens with zero attached hydrogens (tertiary/aromatic N) is 3. The first-order valence-corrected chi connectivity index (χ1v) is 13.1. The molecule has 13 heteroatoms. The molecule has 6 nitrogen and oxygen atoms in total. The zero-order valence-corrected chi connectivity index (χ0v) is 23.2. The summed E-state index contributed by atoms with van der Waals surface area (Å²) in [6.45, 7) is 5.58. The SMILES string of the molecule is Cn1c(Nc2cc(CNC(=O)C(C)(C)C)ccc2C(F)(F)F)nc2cc(Cl)c(N3CCC(C(F)(F)F)CC3)cc21. The van der Waals surface area contributed by atoms with Crippen molar-refractivity contribution in [3.05, 3.63) is 46.5 Å². The molecule has 1 aromatic heterocycles. The minimum absolute atomic E-state index is 0.0372. The van der Waals surface area contributed by atoms with Crippen LogP contribution in [0.15, 0.2) is 30.3 Å². The number of alkyl halides is 6. The van der Waals surface area contributed by atoms with Crippen LogP contribution in [0.5, 0.6) is 0 Å². The van der Waals surface area contributed by atoms with Crippen LogP contribution in [0.1, 0.15) is 44.7 Å². The van der Waals surface area contributed by atoms with Gasteiger partial charge >= 0.3 is 12.4 Å². The number of halogens is 7. The summed E-state index contributed by atoms with van der Waals surface area (Å²) in [5.74, 6) is -1.49. The van der Waals surface area contributed by atoms with Crippen LogP contribution in [0.2, 0.25) is 5.02 Å². The lowest BCUT2D eigenvalue weighted by atomic mass is 9.95. The van der Waals surface area contributed by atoms with Gasteiger partial charge in [-0.2, -0.15) is 26.3 Å². The van der Waals surface area contributed by atoms with Gasteiger partial charge in [0.2, 0.25) is 11.9 Å². The van der Waals surface area contributed by atoms with E-state index in [4.69, 9.17) is 11.6 Å². The van der Waals surface area contributed by atoms with Crippen LogP contribution < -0.4 is 15.5 Å². The summed E-state index contributed by atoms with van der Waals surface area (Å²) in [6, 6.07) is 6.81. The number of imidazole rings is 1. The average molecular weight is 590 g/mol. The number of nitrogens with one attached hydrogen (secondary N) is 2. The molecule has 2 N–H and O–H groups in total. The van der Waals surface area contributed by atoms with Crippen molar-refractivity contribution in [3.8, 4) is 0 Å². The highest BCUT2D eigenvalue weighted by Gasteiger charge is 2.41. The van der Waals surface area contributed by atoms with Gasteiger partial charge in [-0.3, -0.25) is 4.79 Å². The molecule has 218 valence electrons. The lowest BCUT2D eigenvalue weighted by Gasteiger charge is -2.34. The van der Waals surface area contributed by atoms with Crippen molar-refractivity contribution in [3.63, 3.8) is 0 Å². The lowest BCUT2D eigenvalue weighted by molar-refractivity contribution is -0.179. The van der Waals surface area contributed by atoms with Crippen LogP contribution in [-0.2, 0) is 24.6 Å². The Morgan fingerprint density at radius 1 is 1.05 bits per heavy atom. The lowest BCUT2D eigenvalue weighted by Crippen LogP contribution is -2.39. The van der Waals surface area contributed by atoms with E-state index in [2.05, 4.69) is 15.6 Å². The molecular formula is C27H30ClF6N5O. The van der Waals surface area contributed by atoms with Gasteiger partial charge in [0.05, 0.1) is 38.9 Å². The highest BCUT2D eigenvalue weighted by molar-refractivity contribution is 6.34. The van der Waals surface area contributed by atoms with Gasteiger partial charge in [0, 0.05) is 32.1 Å². The molecule has 0 radical (unpaired) electrons. The van der Waals surface area contributed by atoms with Gasteiger partial charge in [-0.15, -0.1) is 0 Å². The molecule has 0 saturated carbocycles. The maximum atomic E-state index is 13.8. The van der Waals surface area contributed by atoms with Crippen molar-refractivity contribution in [1.82, 2.24) is 14.9 Å². The quantitative estimate of drug-likeness (QED) is 0.304. The second-order valence-electron chi connectivity index (χ2n) is 11.0. The van der Waals surface area contributed by atoms with E-state index < -0.39 is 29.2 Å². The van der Waals surface area contributed by atoms with E-state index in [1.54, 1.807) is 49.4 Å². The third-order valence-corrected chi connectivity index (χ3v) is 7.32. The van der Waals surface area contributed by atoms with Gasteiger partial charge in [0.1, 0.15) is 0 Å². The highest BCUT2D eigenvalue weighted by Crippen LogP contribution is 2.40. The minimum Gasteiger partial charge on any atom is -0.370 e. The first-order chi connectivity index (χ1) is 18.4. The van der Waals surface area contributed by atoms with E-state index in [-0.39, 0.29) is 55.0 Å². The predicted octanol–water partition coefficient (Wildman–Crippen LogP) is 7.43. The van der Waals surface area contributed by atoms with E-state index in [9.17, 15) is 31.1 Å². The van der Waals surface area contributed by atoms with Crippen molar-refractivity contribution in [2.75, 3.05) is 23.3 Å². The van der Waals surface area contributed by atoms with Crippen molar-refractivity contribution >= 4 is 45.9 Å². The number of piperidine rings is 1. The topological polar surface area (TPSA) is 62.2 Å². The number of aryl methyl sites for hydroxylation is 1. The molecule has 2 aromatic carbocycles. The van der Waals surface area contributed by atoms with E-state index in [0.717, 1.165) is 6.07 Å². The first-order valence-electron chi connectivity index (χ1n) is 12.7. The number of benzene rings is 2. The molecular weight excluding hydrogens is 560 g/mol. The van der Waals surface area contributed by atoms with Gasteiger partial charge in [-0.05, 0) is 42.7 Å². The first kappa shape index (κ1) is 29.8. The molecule has 4 rings (SSSR count). The van der Waals surface area contributed by atoms with Crippen LogP contribution in [-0.4, -0.2) is 34.7 Å². The monoisotopic (exact) mass is 589 g/mol. The van der Waals surface area contributed by atoms with Crippen LogP contribution in [0, 0.1) is 11.3 Å². The zero-order chi connectivity index (χ0) is 29.6. The molecule has 0 unspecified atom stereocenters. The number of carbonyl (C=O) groups excluding carboxylic acids is 1. The molecule has 1 aliphatic heterocycles. The van der Waals surface area contributed by atoms with Crippen LogP contribution in [0.3, 0.4) is 0 Å². The summed E-state index contributed by atoms with van der Waals surface area (Å²) in [5.41, 5.74) is 0.143. The van der Waals surface area contributed by atoms with Crippen LogP contribution in [0.4, 0.5) is 43.7 Å². The minimum atomic E-state index is -4.65. The number of hydrogen-bond donors (Lipinski definition) is 2. The second-order valence-corrected chi connectivity index (χ2v) is 11.4. The Hall–Kier alpha value is -3.15. The smallest absolute Gasteiger partial charge is 0.370 e. The van der Waals surface area contributed by atoms with Gasteiger partial charge < -0.3 is 20.1 Å². The predicted molar refractivity (Wildman–Crippen MR) is 143 cm³/mol. The Labute approximate surface area is 232 Å². The van der Waals surface area contributed by atoms with Crippen molar-refractivity contribution in [2.45, 2.75) is 52.5 Å². The van der Waals surface area contributed by atoms with Gasteiger partial charge in [0.15, 0.2) is 0 Å². The normalized spacial score (nSPS) is 15.5. The molecule has 0 aliphatic carbocycles. The fourth-order valence-corrected chi connectivity index (χ4v) is 4.90. The highest BCUT2D eigenvalue weighted by atomic mass is 35.5. The Bertz CT molecular complexity index is 1400. The molecule has 1 fully saturated rings. The molecule has 1 amide bonds. The fourth-order valence-electron chi connectivity index (χ4n) is 4.62. The van der Waals surface area contributed by atoms with Crippen molar-refractivity contribution < 1.29 is 31.1 Å². The van der Waals surface area contributed by atoms with E-state index in [1.165, 1.54) is 12.1 Å². The summed E-state index contributed by atoms with van der Waals surface area (Å²) >= 11 is 6.47. The number of fused-ring (bicyclic) bond motifs is 1. The molecule has 1 aliphatic rings. The maximum absolute atomic E-state index is 13.8.